The molecule has 2 heterocycles. The maximum atomic E-state index is 11.7. The van der Waals surface area contributed by atoms with E-state index in [-0.39, 0.29) is 12.4 Å². The highest BCUT2D eigenvalue weighted by molar-refractivity contribution is 5.69. The molecule has 5 atom stereocenters. The molecule has 116 valence electrons. The summed E-state index contributed by atoms with van der Waals surface area (Å²) in [4.78, 5) is 11.7. The Morgan fingerprint density at radius 3 is 2.70 bits per heavy atom. The number of esters is 1. The van der Waals surface area contributed by atoms with E-state index >= 15 is 0 Å². The zero-order valence-corrected chi connectivity index (χ0v) is 11.9. The second kappa shape index (κ2) is 5.95. The van der Waals surface area contributed by atoms with Gasteiger partial charge in [-0.3, -0.25) is 4.79 Å². The number of ether oxygens (including phenoxy) is 4. The van der Waals surface area contributed by atoms with Crippen LogP contribution in [0.25, 0.3) is 0 Å². The van der Waals surface area contributed by atoms with E-state index in [1.54, 1.807) is 13.8 Å². The van der Waals surface area contributed by atoms with E-state index in [4.69, 9.17) is 24.1 Å². The van der Waals surface area contributed by atoms with Crippen molar-refractivity contribution in [3.05, 3.63) is 0 Å². The fraction of sp³-hybridized carbons (Fsp3) is 0.923. The van der Waals surface area contributed by atoms with Gasteiger partial charge in [-0.2, -0.15) is 0 Å². The standard InChI is InChI=1S/C13H22O7/c1-4-5-8(16)17-10-9(7(15)6-14)18-12-11(10)19-13(2,3)20-12/h7,9-12,14-15H,4-6H2,1-3H3/t7-,9-,10-,11+,12+/m1/s1. The Labute approximate surface area is 117 Å². The average Bonchev–Trinajstić information content (AvgIpc) is 2.82. The highest BCUT2D eigenvalue weighted by Gasteiger charge is 2.58. The molecule has 0 aromatic heterocycles. The number of rotatable bonds is 5. The molecule has 0 aliphatic carbocycles. The largest absolute Gasteiger partial charge is 0.456 e. The van der Waals surface area contributed by atoms with Crippen LogP contribution >= 0.6 is 0 Å². The Bertz CT molecular complexity index is 357. The molecule has 0 spiro atoms. The molecular formula is C13H22O7. The smallest absolute Gasteiger partial charge is 0.306 e. The summed E-state index contributed by atoms with van der Waals surface area (Å²) in [5, 5.41) is 18.8. The molecule has 20 heavy (non-hydrogen) atoms. The molecule has 2 N–H and O–H groups in total. The van der Waals surface area contributed by atoms with Crippen molar-refractivity contribution in [1.29, 1.82) is 0 Å². The minimum absolute atomic E-state index is 0.278. The summed E-state index contributed by atoms with van der Waals surface area (Å²) in [5.74, 6) is -1.22. The number of hydrogen-bond donors (Lipinski definition) is 2. The predicted octanol–water partition coefficient (Wildman–Crippen LogP) is -0.0721. The summed E-state index contributed by atoms with van der Waals surface area (Å²) in [5.41, 5.74) is 0. The predicted molar refractivity (Wildman–Crippen MR) is 66.6 cm³/mol. The molecule has 0 bridgehead atoms. The number of aliphatic hydroxyl groups excluding tert-OH is 2. The van der Waals surface area contributed by atoms with Gasteiger partial charge in [-0.05, 0) is 20.3 Å². The van der Waals surface area contributed by atoms with Gasteiger partial charge in [0.15, 0.2) is 24.3 Å². The van der Waals surface area contributed by atoms with Crippen LogP contribution in [0.3, 0.4) is 0 Å². The topological polar surface area (TPSA) is 94.5 Å². The van der Waals surface area contributed by atoms with Crippen LogP contribution in [-0.4, -0.2) is 59.3 Å². The minimum Gasteiger partial charge on any atom is -0.456 e. The Morgan fingerprint density at radius 2 is 2.10 bits per heavy atom. The third kappa shape index (κ3) is 3.12. The van der Waals surface area contributed by atoms with Crippen molar-refractivity contribution in [2.24, 2.45) is 0 Å². The van der Waals surface area contributed by atoms with Crippen molar-refractivity contribution >= 4 is 5.97 Å². The monoisotopic (exact) mass is 290 g/mol. The van der Waals surface area contributed by atoms with Crippen molar-refractivity contribution in [2.45, 2.75) is 70.1 Å². The SMILES string of the molecule is CCCC(=O)O[C@H]1[C@@H]2OC(C)(C)O[C@@H]2O[C@@H]1[C@H](O)CO. The van der Waals surface area contributed by atoms with E-state index in [1.165, 1.54) is 0 Å². The Morgan fingerprint density at radius 1 is 1.40 bits per heavy atom. The number of aliphatic hydroxyl groups is 2. The van der Waals surface area contributed by atoms with Crippen LogP contribution in [0.15, 0.2) is 0 Å². The van der Waals surface area contributed by atoms with Gasteiger partial charge < -0.3 is 29.2 Å². The highest BCUT2D eigenvalue weighted by atomic mass is 16.8. The molecule has 0 radical (unpaired) electrons. The summed E-state index contributed by atoms with van der Waals surface area (Å²) >= 11 is 0. The van der Waals surface area contributed by atoms with Crippen molar-refractivity contribution in [3.8, 4) is 0 Å². The lowest BCUT2D eigenvalue weighted by molar-refractivity contribution is -0.231. The summed E-state index contributed by atoms with van der Waals surface area (Å²) in [6, 6.07) is 0. The molecule has 2 saturated heterocycles. The van der Waals surface area contributed by atoms with Crippen molar-refractivity contribution in [1.82, 2.24) is 0 Å². The van der Waals surface area contributed by atoms with Crippen molar-refractivity contribution in [2.75, 3.05) is 6.61 Å². The zero-order valence-electron chi connectivity index (χ0n) is 11.9. The molecule has 7 nitrogen and oxygen atoms in total. The quantitative estimate of drug-likeness (QED) is 0.684. The lowest BCUT2D eigenvalue weighted by atomic mass is 10.1. The third-order valence-electron chi connectivity index (χ3n) is 3.31. The first-order valence-electron chi connectivity index (χ1n) is 6.87. The van der Waals surface area contributed by atoms with Crippen LogP contribution in [0.2, 0.25) is 0 Å². The Kier molecular flexibility index (Phi) is 4.66. The van der Waals surface area contributed by atoms with Crippen molar-refractivity contribution < 1.29 is 34.0 Å². The fourth-order valence-electron chi connectivity index (χ4n) is 2.47. The van der Waals surface area contributed by atoms with Gasteiger partial charge in [0, 0.05) is 6.42 Å². The van der Waals surface area contributed by atoms with E-state index in [0.717, 1.165) is 0 Å². The van der Waals surface area contributed by atoms with E-state index in [2.05, 4.69) is 0 Å². The van der Waals surface area contributed by atoms with Crippen molar-refractivity contribution in [3.63, 3.8) is 0 Å². The van der Waals surface area contributed by atoms with Gasteiger partial charge in [-0.15, -0.1) is 0 Å². The van der Waals surface area contributed by atoms with E-state index in [0.29, 0.717) is 6.42 Å². The van der Waals surface area contributed by atoms with Crippen LogP contribution in [0.5, 0.6) is 0 Å². The lowest BCUT2D eigenvalue weighted by Gasteiger charge is -2.27. The Balaban J connectivity index is 2.10. The fourth-order valence-corrected chi connectivity index (χ4v) is 2.47. The second-order valence-electron chi connectivity index (χ2n) is 5.52. The summed E-state index contributed by atoms with van der Waals surface area (Å²) in [6.45, 7) is 4.84. The van der Waals surface area contributed by atoms with Crippen LogP contribution in [0.1, 0.15) is 33.6 Å². The number of carbonyl (C=O) groups is 1. The van der Waals surface area contributed by atoms with Crippen LogP contribution in [-0.2, 0) is 23.7 Å². The zero-order chi connectivity index (χ0) is 14.9. The first-order valence-corrected chi connectivity index (χ1v) is 6.87. The lowest BCUT2D eigenvalue weighted by Crippen LogP contribution is -2.45. The number of carbonyl (C=O) groups excluding carboxylic acids is 1. The molecule has 7 heteroatoms. The van der Waals surface area contributed by atoms with Gasteiger partial charge in [0.1, 0.15) is 12.2 Å². The molecule has 2 aliphatic heterocycles. The molecule has 0 aromatic carbocycles. The van der Waals surface area contributed by atoms with Crippen LogP contribution < -0.4 is 0 Å². The van der Waals surface area contributed by atoms with Gasteiger partial charge in [0.2, 0.25) is 0 Å². The molecule has 0 unspecified atom stereocenters. The minimum atomic E-state index is -1.16. The third-order valence-corrected chi connectivity index (χ3v) is 3.31. The normalized spacial score (nSPS) is 36.6. The first-order chi connectivity index (χ1) is 9.38. The molecule has 0 amide bonds. The molecule has 2 rings (SSSR count). The molecule has 0 aromatic rings. The van der Waals surface area contributed by atoms with Gasteiger partial charge in [0.05, 0.1) is 6.61 Å². The highest BCUT2D eigenvalue weighted by Crippen LogP contribution is 2.39. The average molecular weight is 290 g/mol. The van der Waals surface area contributed by atoms with E-state index in [1.807, 2.05) is 6.92 Å². The van der Waals surface area contributed by atoms with E-state index < -0.39 is 43.1 Å². The van der Waals surface area contributed by atoms with Gasteiger partial charge in [-0.1, -0.05) is 6.92 Å². The number of fused-ring (bicyclic) bond motifs is 1. The Hall–Kier alpha value is -0.730. The summed E-state index contributed by atoms with van der Waals surface area (Å²) in [7, 11) is 0. The number of hydrogen-bond acceptors (Lipinski definition) is 7. The second-order valence-corrected chi connectivity index (χ2v) is 5.52. The molecule has 2 aliphatic rings. The maximum Gasteiger partial charge on any atom is 0.306 e. The van der Waals surface area contributed by atoms with Gasteiger partial charge in [-0.25, -0.2) is 0 Å². The maximum absolute atomic E-state index is 11.7. The molecule has 0 saturated carbocycles. The molecular weight excluding hydrogens is 268 g/mol. The van der Waals surface area contributed by atoms with Gasteiger partial charge in [0.25, 0.3) is 0 Å². The van der Waals surface area contributed by atoms with E-state index in [9.17, 15) is 9.90 Å². The molecule has 2 fully saturated rings. The van der Waals surface area contributed by atoms with Gasteiger partial charge >= 0.3 is 5.97 Å². The first kappa shape index (κ1) is 15.7. The van der Waals surface area contributed by atoms with Crippen LogP contribution in [0, 0.1) is 0 Å². The van der Waals surface area contributed by atoms with Crippen LogP contribution in [0.4, 0.5) is 0 Å². The summed E-state index contributed by atoms with van der Waals surface area (Å²) in [6.07, 6.45) is -3.17. The summed E-state index contributed by atoms with van der Waals surface area (Å²) < 4.78 is 22.1.